The van der Waals surface area contributed by atoms with E-state index >= 15 is 0 Å². The third kappa shape index (κ3) is 3.67. The van der Waals surface area contributed by atoms with Crippen LogP contribution in [-0.4, -0.2) is 21.4 Å². The van der Waals surface area contributed by atoms with Gasteiger partial charge < -0.3 is 4.74 Å². The lowest BCUT2D eigenvalue weighted by atomic mass is 10.1. The van der Waals surface area contributed by atoms with Crippen molar-refractivity contribution in [2.45, 2.75) is 11.8 Å². The van der Waals surface area contributed by atoms with Crippen LogP contribution in [0.2, 0.25) is 0 Å². The number of sulfonamides is 1. The molecule has 6 nitrogen and oxygen atoms in total. The Kier molecular flexibility index (Phi) is 4.67. The Labute approximate surface area is 134 Å². The summed E-state index contributed by atoms with van der Waals surface area (Å²) in [6.07, 6.45) is 0. The maximum absolute atomic E-state index is 12.2. The molecule has 0 saturated heterocycles. The number of hydrogen-bond donors (Lipinski definition) is 1. The van der Waals surface area contributed by atoms with Crippen LogP contribution in [0.4, 0.5) is 0 Å². The van der Waals surface area contributed by atoms with E-state index in [1.165, 1.54) is 43.5 Å². The first-order chi connectivity index (χ1) is 10.9. The van der Waals surface area contributed by atoms with Crippen LogP contribution in [-0.2, 0) is 10.0 Å². The van der Waals surface area contributed by atoms with Crippen molar-refractivity contribution < 1.29 is 17.9 Å². The second-order valence-electron chi connectivity index (χ2n) is 4.76. The van der Waals surface area contributed by atoms with Gasteiger partial charge in [-0.1, -0.05) is 6.07 Å². The maximum Gasteiger partial charge on any atom is 0.265 e. The van der Waals surface area contributed by atoms with Gasteiger partial charge in [0.05, 0.1) is 23.6 Å². The van der Waals surface area contributed by atoms with Gasteiger partial charge >= 0.3 is 0 Å². The molecule has 0 aromatic heterocycles. The zero-order valence-electron chi connectivity index (χ0n) is 12.5. The van der Waals surface area contributed by atoms with E-state index < -0.39 is 15.9 Å². The van der Waals surface area contributed by atoms with Crippen LogP contribution in [0, 0.1) is 18.3 Å². The first-order valence-electron chi connectivity index (χ1n) is 6.59. The molecule has 0 heterocycles. The van der Waals surface area contributed by atoms with Gasteiger partial charge in [-0.2, -0.15) is 5.26 Å². The lowest BCUT2D eigenvalue weighted by molar-refractivity contribution is 0.0981. The van der Waals surface area contributed by atoms with Gasteiger partial charge in [0.1, 0.15) is 5.75 Å². The average Bonchev–Trinajstić information content (AvgIpc) is 2.54. The number of nitrogens with one attached hydrogen (secondary N) is 1. The van der Waals surface area contributed by atoms with Crippen LogP contribution >= 0.6 is 0 Å². The summed E-state index contributed by atoms with van der Waals surface area (Å²) >= 11 is 0. The number of benzene rings is 2. The summed E-state index contributed by atoms with van der Waals surface area (Å²) in [4.78, 5) is 12.0. The molecule has 7 heteroatoms. The van der Waals surface area contributed by atoms with Gasteiger partial charge in [0.25, 0.3) is 15.9 Å². The molecule has 2 aromatic carbocycles. The Morgan fingerprint density at radius 3 is 2.39 bits per heavy atom. The van der Waals surface area contributed by atoms with Gasteiger partial charge in [-0.3, -0.25) is 4.79 Å². The predicted molar refractivity (Wildman–Crippen MR) is 83.5 cm³/mol. The van der Waals surface area contributed by atoms with Crippen LogP contribution in [0.25, 0.3) is 0 Å². The Hall–Kier alpha value is -2.85. The van der Waals surface area contributed by atoms with E-state index in [9.17, 15) is 13.2 Å². The number of carbonyl (C=O) groups is 1. The highest BCUT2D eigenvalue weighted by atomic mass is 32.2. The second kappa shape index (κ2) is 6.50. The van der Waals surface area contributed by atoms with Crippen molar-refractivity contribution in [2.75, 3.05) is 7.11 Å². The van der Waals surface area contributed by atoms with E-state index in [0.717, 1.165) is 5.56 Å². The quantitative estimate of drug-likeness (QED) is 0.925. The molecule has 0 saturated carbocycles. The number of carbonyl (C=O) groups excluding carboxylic acids is 1. The van der Waals surface area contributed by atoms with Crippen LogP contribution in [0.1, 0.15) is 21.5 Å². The lowest BCUT2D eigenvalue weighted by Gasteiger charge is -2.09. The normalized spacial score (nSPS) is 10.7. The maximum atomic E-state index is 12.2. The Balaban J connectivity index is 2.26. The van der Waals surface area contributed by atoms with E-state index in [0.29, 0.717) is 11.3 Å². The minimum atomic E-state index is -4.01. The summed E-state index contributed by atoms with van der Waals surface area (Å²) in [5.41, 5.74) is 1.34. The molecule has 0 fully saturated rings. The zero-order chi connectivity index (χ0) is 17.0. The average molecular weight is 330 g/mol. The first kappa shape index (κ1) is 16.5. The molecular formula is C16H14N2O4S. The van der Waals surface area contributed by atoms with Crippen LogP contribution in [0.3, 0.4) is 0 Å². The van der Waals surface area contributed by atoms with Crippen molar-refractivity contribution in [2.24, 2.45) is 0 Å². The Morgan fingerprint density at radius 2 is 1.83 bits per heavy atom. The molecule has 0 aliphatic heterocycles. The summed E-state index contributed by atoms with van der Waals surface area (Å²) in [6.45, 7) is 1.81. The van der Waals surface area contributed by atoms with Crippen molar-refractivity contribution in [1.82, 2.24) is 4.72 Å². The van der Waals surface area contributed by atoms with E-state index in [1.807, 2.05) is 17.7 Å². The SMILES string of the molecule is COc1cc(C(=O)NS(=O)(=O)c2ccc(C#N)cc2)ccc1C. The third-order valence-electron chi connectivity index (χ3n) is 3.19. The number of nitrogens with zero attached hydrogens (tertiary/aromatic N) is 1. The molecule has 0 bridgehead atoms. The number of amides is 1. The third-order valence-corrected chi connectivity index (χ3v) is 4.54. The van der Waals surface area contributed by atoms with E-state index in [1.54, 1.807) is 6.07 Å². The van der Waals surface area contributed by atoms with Crippen molar-refractivity contribution >= 4 is 15.9 Å². The monoisotopic (exact) mass is 330 g/mol. The fraction of sp³-hybridized carbons (Fsp3) is 0.125. The number of rotatable bonds is 4. The standard InChI is InChI=1S/C16H14N2O4S/c1-11-3-6-13(9-15(11)22-2)16(19)18-23(20,21)14-7-4-12(10-17)5-8-14/h3-9H,1-2H3,(H,18,19). The van der Waals surface area contributed by atoms with Crippen molar-refractivity contribution in [3.05, 3.63) is 59.2 Å². The molecular weight excluding hydrogens is 316 g/mol. The molecule has 1 amide bonds. The van der Waals surface area contributed by atoms with Gasteiger partial charge in [0.2, 0.25) is 0 Å². The highest BCUT2D eigenvalue weighted by Crippen LogP contribution is 2.19. The second-order valence-corrected chi connectivity index (χ2v) is 6.44. The van der Waals surface area contributed by atoms with E-state index in [2.05, 4.69) is 0 Å². The molecule has 2 rings (SSSR count). The number of aryl methyl sites for hydroxylation is 1. The molecule has 23 heavy (non-hydrogen) atoms. The minimum Gasteiger partial charge on any atom is -0.496 e. The molecule has 2 aromatic rings. The number of hydrogen-bond acceptors (Lipinski definition) is 5. The highest BCUT2D eigenvalue weighted by Gasteiger charge is 2.19. The van der Waals surface area contributed by atoms with Crippen molar-refractivity contribution in [3.8, 4) is 11.8 Å². The van der Waals surface area contributed by atoms with Gasteiger partial charge in [-0.15, -0.1) is 0 Å². The Morgan fingerprint density at radius 1 is 1.17 bits per heavy atom. The highest BCUT2D eigenvalue weighted by molar-refractivity contribution is 7.90. The fourth-order valence-corrected chi connectivity index (χ4v) is 2.88. The molecule has 0 unspecified atom stereocenters. The van der Waals surface area contributed by atoms with Gasteiger partial charge in [0.15, 0.2) is 0 Å². The van der Waals surface area contributed by atoms with E-state index in [4.69, 9.17) is 10.00 Å². The van der Waals surface area contributed by atoms with Crippen molar-refractivity contribution in [3.63, 3.8) is 0 Å². The smallest absolute Gasteiger partial charge is 0.265 e. The molecule has 0 spiro atoms. The summed E-state index contributed by atoms with van der Waals surface area (Å²) in [6, 6.07) is 11.8. The minimum absolute atomic E-state index is 0.0936. The zero-order valence-corrected chi connectivity index (χ0v) is 13.3. The van der Waals surface area contributed by atoms with Crippen LogP contribution < -0.4 is 9.46 Å². The largest absolute Gasteiger partial charge is 0.496 e. The molecule has 0 atom stereocenters. The van der Waals surface area contributed by atoms with E-state index in [-0.39, 0.29) is 10.5 Å². The summed E-state index contributed by atoms with van der Waals surface area (Å²) < 4.78 is 31.5. The fourth-order valence-electron chi connectivity index (χ4n) is 1.91. The number of ether oxygens (including phenoxy) is 1. The van der Waals surface area contributed by atoms with Gasteiger partial charge in [0, 0.05) is 5.56 Å². The predicted octanol–water partition coefficient (Wildman–Crippen LogP) is 1.99. The first-order valence-corrected chi connectivity index (χ1v) is 8.07. The van der Waals surface area contributed by atoms with Gasteiger partial charge in [-0.25, -0.2) is 13.1 Å². The molecule has 0 aliphatic carbocycles. The lowest BCUT2D eigenvalue weighted by Crippen LogP contribution is -2.30. The summed E-state index contributed by atoms with van der Waals surface area (Å²) in [7, 11) is -2.54. The van der Waals surface area contributed by atoms with Crippen LogP contribution in [0.5, 0.6) is 5.75 Å². The number of nitriles is 1. The number of methoxy groups -OCH3 is 1. The Bertz CT molecular complexity index is 881. The van der Waals surface area contributed by atoms with Gasteiger partial charge in [-0.05, 0) is 48.9 Å². The topological polar surface area (TPSA) is 96.3 Å². The molecule has 0 aliphatic rings. The summed E-state index contributed by atoms with van der Waals surface area (Å²) in [5.74, 6) is -0.263. The summed E-state index contributed by atoms with van der Waals surface area (Å²) in [5, 5.41) is 8.72. The van der Waals surface area contributed by atoms with Crippen molar-refractivity contribution in [1.29, 1.82) is 5.26 Å². The molecule has 118 valence electrons. The van der Waals surface area contributed by atoms with Crippen LogP contribution in [0.15, 0.2) is 47.4 Å². The molecule has 0 radical (unpaired) electrons. The molecule has 1 N–H and O–H groups in total.